The van der Waals surface area contributed by atoms with Crippen LogP contribution in [-0.4, -0.2) is 35.1 Å². The van der Waals surface area contributed by atoms with Crippen LogP contribution >= 0.6 is 11.6 Å². The van der Waals surface area contributed by atoms with E-state index in [2.05, 4.69) is 22.1 Å². The first kappa shape index (κ1) is 12.4. The Bertz CT molecular complexity index is 433. The van der Waals surface area contributed by atoms with Crippen molar-refractivity contribution in [2.24, 2.45) is 5.92 Å². The van der Waals surface area contributed by atoms with Gasteiger partial charge in [-0.05, 0) is 37.3 Å². The number of rotatable bonds is 3. The van der Waals surface area contributed by atoms with E-state index in [1.54, 1.807) is 6.20 Å². The van der Waals surface area contributed by atoms with Gasteiger partial charge in [0.15, 0.2) is 0 Å². The molecule has 3 rings (SSSR count). The first-order valence-corrected chi connectivity index (χ1v) is 7.12. The van der Waals surface area contributed by atoms with Gasteiger partial charge in [-0.2, -0.15) is 0 Å². The van der Waals surface area contributed by atoms with Crippen molar-refractivity contribution in [1.82, 2.24) is 15.2 Å². The molecule has 1 aromatic rings. The third-order valence-corrected chi connectivity index (χ3v) is 4.78. The molecule has 2 fully saturated rings. The number of nitrogens with one attached hydrogen (secondary N) is 1. The standard InChI is InChI=1S/C14H20ClN3/c1-14(12-2-3-12)10-17-6-7-18(14)9-11-4-5-16-8-13(11)15/h4-5,8,12,17H,2-3,6-7,9-10H2,1H3. The molecule has 18 heavy (non-hydrogen) atoms. The summed E-state index contributed by atoms with van der Waals surface area (Å²) in [4.78, 5) is 6.66. The van der Waals surface area contributed by atoms with Crippen LogP contribution in [0.25, 0.3) is 0 Å². The van der Waals surface area contributed by atoms with Crippen LogP contribution in [0.5, 0.6) is 0 Å². The van der Waals surface area contributed by atoms with Crippen LogP contribution in [-0.2, 0) is 6.54 Å². The van der Waals surface area contributed by atoms with Gasteiger partial charge in [0.05, 0.1) is 5.02 Å². The number of piperazine rings is 1. The van der Waals surface area contributed by atoms with Gasteiger partial charge in [0, 0.05) is 44.1 Å². The van der Waals surface area contributed by atoms with Crippen molar-refractivity contribution in [3.63, 3.8) is 0 Å². The second-order valence-electron chi connectivity index (χ2n) is 5.70. The molecule has 0 aromatic carbocycles. The Balaban J connectivity index is 1.79. The Labute approximate surface area is 114 Å². The monoisotopic (exact) mass is 265 g/mol. The Kier molecular flexibility index (Phi) is 3.31. The lowest BCUT2D eigenvalue weighted by molar-refractivity contribution is 0.0484. The predicted molar refractivity (Wildman–Crippen MR) is 73.7 cm³/mol. The zero-order chi connectivity index (χ0) is 12.6. The van der Waals surface area contributed by atoms with Crippen LogP contribution in [0.4, 0.5) is 0 Å². The van der Waals surface area contributed by atoms with Crippen molar-refractivity contribution in [1.29, 1.82) is 0 Å². The van der Waals surface area contributed by atoms with Gasteiger partial charge < -0.3 is 5.32 Å². The van der Waals surface area contributed by atoms with Gasteiger partial charge in [0.1, 0.15) is 0 Å². The number of nitrogens with zero attached hydrogens (tertiary/aromatic N) is 2. The molecule has 1 saturated carbocycles. The summed E-state index contributed by atoms with van der Waals surface area (Å²) in [6.07, 6.45) is 6.32. The maximum Gasteiger partial charge on any atom is 0.0634 e. The fourth-order valence-corrected chi connectivity index (χ4v) is 3.21. The minimum atomic E-state index is 0.296. The molecular formula is C14H20ClN3. The van der Waals surface area contributed by atoms with Gasteiger partial charge in [0.25, 0.3) is 0 Å². The van der Waals surface area contributed by atoms with Crippen LogP contribution in [0.15, 0.2) is 18.5 Å². The number of halogens is 1. The molecule has 0 bridgehead atoms. The lowest BCUT2D eigenvalue weighted by Gasteiger charge is -2.46. The maximum atomic E-state index is 6.23. The summed E-state index contributed by atoms with van der Waals surface area (Å²) in [6.45, 7) is 6.61. The molecule has 0 radical (unpaired) electrons. The Hall–Kier alpha value is -0.640. The first-order valence-electron chi connectivity index (χ1n) is 6.74. The van der Waals surface area contributed by atoms with E-state index >= 15 is 0 Å². The molecule has 1 aliphatic carbocycles. The van der Waals surface area contributed by atoms with E-state index in [4.69, 9.17) is 11.6 Å². The number of hydrogen-bond acceptors (Lipinski definition) is 3. The summed E-state index contributed by atoms with van der Waals surface area (Å²) in [6, 6.07) is 2.04. The third-order valence-electron chi connectivity index (χ3n) is 4.44. The van der Waals surface area contributed by atoms with Crippen molar-refractivity contribution in [3.05, 3.63) is 29.0 Å². The molecule has 1 saturated heterocycles. The van der Waals surface area contributed by atoms with Gasteiger partial charge >= 0.3 is 0 Å². The van der Waals surface area contributed by atoms with Gasteiger partial charge in [-0.15, -0.1) is 0 Å². The fraction of sp³-hybridized carbons (Fsp3) is 0.643. The van der Waals surface area contributed by atoms with Crippen molar-refractivity contribution in [2.45, 2.75) is 31.8 Å². The van der Waals surface area contributed by atoms with Crippen molar-refractivity contribution >= 4 is 11.6 Å². The van der Waals surface area contributed by atoms with E-state index in [9.17, 15) is 0 Å². The lowest BCUT2D eigenvalue weighted by atomic mass is 9.90. The summed E-state index contributed by atoms with van der Waals surface area (Å²) >= 11 is 6.23. The molecule has 3 nitrogen and oxygen atoms in total. The van der Waals surface area contributed by atoms with E-state index in [0.29, 0.717) is 5.54 Å². The molecule has 1 unspecified atom stereocenters. The Morgan fingerprint density at radius 1 is 1.56 bits per heavy atom. The zero-order valence-corrected chi connectivity index (χ0v) is 11.6. The molecule has 98 valence electrons. The minimum Gasteiger partial charge on any atom is -0.314 e. The average molecular weight is 266 g/mol. The molecule has 0 spiro atoms. The molecule has 1 N–H and O–H groups in total. The molecule has 1 aromatic heterocycles. The number of hydrogen-bond donors (Lipinski definition) is 1. The van der Waals surface area contributed by atoms with Crippen LogP contribution in [0.1, 0.15) is 25.3 Å². The minimum absolute atomic E-state index is 0.296. The maximum absolute atomic E-state index is 6.23. The second kappa shape index (κ2) is 4.80. The molecule has 1 atom stereocenters. The quantitative estimate of drug-likeness (QED) is 0.909. The molecule has 1 aliphatic heterocycles. The van der Waals surface area contributed by atoms with Crippen molar-refractivity contribution < 1.29 is 0 Å². The van der Waals surface area contributed by atoms with Gasteiger partial charge in [-0.3, -0.25) is 9.88 Å². The van der Waals surface area contributed by atoms with Gasteiger partial charge in [0.2, 0.25) is 0 Å². The molecule has 2 aliphatic rings. The third kappa shape index (κ3) is 2.27. The average Bonchev–Trinajstić information content (AvgIpc) is 3.19. The molecule has 0 amide bonds. The smallest absolute Gasteiger partial charge is 0.0634 e. The highest BCUT2D eigenvalue weighted by atomic mass is 35.5. The zero-order valence-electron chi connectivity index (χ0n) is 10.8. The van der Waals surface area contributed by atoms with E-state index < -0.39 is 0 Å². The SMILES string of the molecule is CC1(C2CC2)CNCCN1Cc1ccncc1Cl. The van der Waals surface area contributed by atoms with Crippen LogP contribution in [0.3, 0.4) is 0 Å². The Morgan fingerprint density at radius 2 is 2.39 bits per heavy atom. The number of aromatic nitrogens is 1. The fourth-order valence-electron chi connectivity index (χ4n) is 3.03. The molecule has 2 heterocycles. The highest BCUT2D eigenvalue weighted by Gasteiger charge is 2.46. The van der Waals surface area contributed by atoms with Gasteiger partial charge in [-0.1, -0.05) is 11.6 Å². The van der Waals surface area contributed by atoms with Crippen molar-refractivity contribution in [3.8, 4) is 0 Å². The number of pyridine rings is 1. The van der Waals surface area contributed by atoms with E-state index in [1.165, 1.54) is 18.4 Å². The topological polar surface area (TPSA) is 28.2 Å². The molecular weight excluding hydrogens is 246 g/mol. The van der Waals surface area contributed by atoms with Gasteiger partial charge in [-0.25, -0.2) is 0 Å². The largest absolute Gasteiger partial charge is 0.314 e. The summed E-state index contributed by atoms with van der Waals surface area (Å²) < 4.78 is 0. The van der Waals surface area contributed by atoms with E-state index in [-0.39, 0.29) is 0 Å². The van der Waals surface area contributed by atoms with Crippen LogP contribution < -0.4 is 5.32 Å². The summed E-state index contributed by atoms with van der Waals surface area (Å²) in [5.41, 5.74) is 1.49. The molecule has 4 heteroatoms. The first-order chi connectivity index (χ1) is 8.70. The van der Waals surface area contributed by atoms with Crippen LogP contribution in [0.2, 0.25) is 5.02 Å². The van der Waals surface area contributed by atoms with Crippen molar-refractivity contribution in [2.75, 3.05) is 19.6 Å². The summed E-state index contributed by atoms with van der Waals surface area (Å²) in [7, 11) is 0. The lowest BCUT2D eigenvalue weighted by Crippen LogP contribution is -2.60. The summed E-state index contributed by atoms with van der Waals surface area (Å²) in [5, 5.41) is 4.33. The van der Waals surface area contributed by atoms with Crippen LogP contribution in [0, 0.1) is 5.92 Å². The second-order valence-corrected chi connectivity index (χ2v) is 6.10. The normalized spacial score (nSPS) is 29.4. The summed E-state index contributed by atoms with van der Waals surface area (Å²) in [5.74, 6) is 0.853. The predicted octanol–water partition coefficient (Wildman–Crippen LogP) is 2.31. The highest BCUT2D eigenvalue weighted by molar-refractivity contribution is 6.31. The Morgan fingerprint density at radius 3 is 3.11 bits per heavy atom. The highest BCUT2D eigenvalue weighted by Crippen LogP contribution is 2.44. The van der Waals surface area contributed by atoms with E-state index in [0.717, 1.165) is 37.1 Å². The van der Waals surface area contributed by atoms with E-state index in [1.807, 2.05) is 12.3 Å².